The quantitative estimate of drug-likeness (QED) is 0.515. The molecule has 0 aliphatic heterocycles. The Hall–Kier alpha value is -0.157. The standard InChI is InChI=1S/2C10H15.Zr/c2*1-8(2)7-10-6-4-5-9(10)3;/h2*5,8H,4,7H2,1-3H3;. The summed E-state index contributed by atoms with van der Waals surface area (Å²) in [7, 11) is 0. The van der Waals surface area contributed by atoms with Crippen molar-refractivity contribution in [2.75, 3.05) is 0 Å². The third-order valence-electron chi connectivity index (χ3n) is 4.43. The van der Waals surface area contributed by atoms with Crippen molar-refractivity contribution in [3.05, 3.63) is 41.0 Å². The van der Waals surface area contributed by atoms with Gasteiger partial charge >= 0.3 is 143 Å². The molecule has 0 saturated carbocycles. The van der Waals surface area contributed by atoms with E-state index in [4.69, 9.17) is 0 Å². The molecule has 2 aliphatic rings. The summed E-state index contributed by atoms with van der Waals surface area (Å²) in [4.78, 5) is 0. The zero-order chi connectivity index (χ0) is 15.6. The SMILES string of the molecule is CC1=CC[C]([Zr][C]2=C(CC(C)C)C(C)=CC2)=C1CC(C)C. The molecule has 2 aliphatic carbocycles. The van der Waals surface area contributed by atoms with E-state index in [1.54, 1.807) is 22.3 Å². The minimum absolute atomic E-state index is 0.548. The molecule has 21 heavy (non-hydrogen) atoms. The molecule has 0 nitrogen and oxygen atoms in total. The minimum atomic E-state index is -0.548. The van der Waals surface area contributed by atoms with Gasteiger partial charge in [0.1, 0.15) is 0 Å². The number of hydrogen-bond acceptors (Lipinski definition) is 0. The van der Waals surface area contributed by atoms with E-state index in [2.05, 4.69) is 53.7 Å². The predicted molar refractivity (Wildman–Crippen MR) is 89.7 cm³/mol. The molecule has 0 spiro atoms. The summed E-state index contributed by atoms with van der Waals surface area (Å²) in [6.07, 6.45) is 10.1. The second-order valence-electron chi connectivity index (χ2n) is 7.42. The van der Waals surface area contributed by atoms with Crippen molar-refractivity contribution in [1.82, 2.24) is 0 Å². The molecule has 2 rings (SSSR count). The van der Waals surface area contributed by atoms with Crippen LogP contribution in [0, 0.1) is 11.8 Å². The fourth-order valence-corrected chi connectivity index (χ4v) is 7.41. The summed E-state index contributed by atoms with van der Waals surface area (Å²) in [6, 6.07) is 0. The Morgan fingerprint density at radius 1 is 0.810 bits per heavy atom. The van der Waals surface area contributed by atoms with E-state index in [1.165, 1.54) is 25.7 Å². The summed E-state index contributed by atoms with van der Waals surface area (Å²) >= 11 is -0.548. The van der Waals surface area contributed by atoms with Crippen LogP contribution >= 0.6 is 0 Å². The first-order valence-electron chi connectivity index (χ1n) is 8.43. The van der Waals surface area contributed by atoms with Gasteiger partial charge in [-0.2, -0.15) is 0 Å². The fourth-order valence-electron chi connectivity index (χ4n) is 3.30. The number of rotatable bonds is 6. The average molecular weight is 362 g/mol. The van der Waals surface area contributed by atoms with Gasteiger partial charge in [-0.3, -0.25) is 0 Å². The zero-order valence-corrected chi connectivity index (χ0v) is 17.1. The van der Waals surface area contributed by atoms with E-state index in [0.717, 1.165) is 11.8 Å². The van der Waals surface area contributed by atoms with Crippen LogP contribution in [0.2, 0.25) is 0 Å². The van der Waals surface area contributed by atoms with Crippen molar-refractivity contribution < 1.29 is 23.2 Å². The summed E-state index contributed by atoms with van der Waals surface area (Å²) in [5.41, 5.74) is 6.62. The van der Waals surface area contributed by atoms with E-state index in [9.17, 15) is 0 Å². The van der Waals surface area contributed by atoms with Crippen LogP contribution in [0.1, 0.15) is 67.2 Å². The van der Waals surface area contributed by atoms with E-state index in [1.807, 2.05) is 6.56 Å². The first-order valence-corrected chi connectivity index (χ1v) is 10.9. The topological polar surface area (TPSA) is 0 Å². The van der Waals surface area contributed by atoms with Gasteiger partial charge in [0, 0.05) is 0 Å². The van der Waals surface area contributed by atoms with Crippen LogP contribution in [-0.4, -0.2) is 0 Å². The van der Waals surface area contributed by atoms with E-state index in [0.29, 0.717) is 0 Å². The van der Waals surface area contributed by atoms with Crippen LogP contribution in [0.5, 0.6) is 0 Å². The Morgan fingerprint density at radius 3 is 1.52 bits per heavy atom. The van der Waals surface area contributed by atoms with Crippen LogP contribution < -0.4 is 0 Å². The Labute approximate surface area is 143 Å². The Morgan fingerprint density at radius 2 is 1.19 bits per heavy atom. The summed E-state index contributed by atoms with van der Waals surface area (Å²) < 4.78 is 3.73. The maximum absolute atomic E-state index is 2.48. The molecule has 0 aromatic heterocycles. The molecule has 114 valence electrons. The summed E-state index contributed by atoms with van der Waals surface area (Å²) in [5, 5.41) is 0. The maximum atomic E-state index is 2.48. The molecule has 0 unspecified atom stereocenters. The van der Waals surface area contributed by atoms with Crippen LogP contribution in [-0.2, 0) is 23.2 Å². The molecular formula is C20H30Zr. The van der Waals surface area contributed by atoms with Crippen molar-refractivity contribution in [3.8, 4) is 0 Å². The second kappa shape index (κ2) is 7.41. The Balaban J connectivity index is 2.20. The van der Waals surface area contributed by atoms with Crippen molar-refractivity contribution in [3.63, 3.8) is 0 Å². The van der Waals surface area contributed by atoms with Crippen LogP contribution in [0.25, 0.3) is 0 Å². The van der Waals surface area contributed by atoms with Gasteiger partial charge in [0.15, 0.2) is 0 Å². The molecule has 1 heteroatoms. The molecular weight excluding hydrogens is 331 g/mol. The number of hydrogen-bond donors (Lipinski definition) is 0. The van der Waals surface area contributed by atoms with Crippen molar-refractivity contribution in [2.45, 2.75) is 67.2 Å². The predicted octanol–water partition coefficient (Wildman–Crippen LogP) is 6.37. The molecule has 0 N–H and O–H groups in total. The molecule has 0 fully saturated rings. The Bertz CT molecular complexity index is 476. The van der Waals surface area contributed by atoms with Gasteiger partial charge in [-0.15, -0.1) is 0 Å². The first kappa shape index (κ1) is 17.2. The molecule has 0 saturated heterocycles. The number of allylic oxidation sites excluding steroid dienone is 8. The van der Waals surface area contributed by atoms with Crippen LogP contribution in [0.15, 0.2) is 41.0 Å². The molecule has 0 aromatic rings. The van der Waals surface area contributed by atoms with Gasteiger partial charge in [-0.1, -0.05) is 0 Å². The van der Waals surface area contributed by atoms with Crippen molar-refractivity contribution in [2.24, 2.45) is 11.8 Å². The molecule has 0 aromatic carbocycles. The third-order valence-corrected chi connectivity index (χ3v) is 8.40. The summed E-state index contributed by atoms with van der Waals surface area (Å²) in [6.45, 7) is 14.1. The van der Waals surface area contributed by atoms with Crippen LogP contribution in [0.3, 0.4) is 0 Å². The molecule has 0 heterocycles. The molecule has 0 amide bonds. The second-order valence-corrected chi connectivity index (χ2v) is 11.0. The fraction of sp³-hybridized carbons (Fsp3) is 0.600. The normalized spacial score (nSPS) is 19.0. The van der Waals surface area contributed by atoms with E-state index in [-0.39, 0.29) is 0 Å². The van der Waals surface area contributed by atoms with E-state index >= 15 is 0 Å². The van der Waals surface area contributed by atoms with Gasteiger partial charge in [0.05, 0.1) is 0 Å². The molecule has 0 radical (unpaired) electrons. The van der Waals surface area contributed by atoms with Gasteiger partial charge in [-0.25, -0.2) is 0 Å². The van der Waals surface area contributed by atoms with Gasteiger partial charge in [0.25, 0.3) is 0 Å². The van der Waals surface area contributed by atoms with Crippen LogP contribution in [0.4, 0.5) is 0 Å². The van der Waals surface area contributed by atoms with Gasteiger partial charge in [-0.05, 0) is 0 Å². The van der Waals surface area contributed by atoms with Crippen molar-refractivity contribution in [1.29, 1.82) is 0 Å². The van der Waals surface area contributed by atoms with Gasteiger partial charge in [0.2, 0.25) is 0 Å². The third kappa shape index (κ3) is 4.41. The van der Waals surface area contributed by atoms with Gasteiger partial charge < -0.3 is 0 Å². The summed E-state index contributed by atoms with van der Waals surface area (Å²) in [5.74, 6) is 1.56. The zero-order valence-electron chi connectivity index (χ0n) is 14.6. The monoisotopic (exact) mass is 360 g/mol. The Kier molecular flexibility index (Phi) is 6.07. The molecule has 0 atom stereocenters. The first-order chi connectivity index (χ1) is 9.88. The van der Waals surface area contributed by atoms with Crippen molar-refractivity contribution >= 4 is 0 Å². The average Bonchev–Trinajstić information content (AvgIpc) is 2.88. The molecule has 0 bridgehead atoms. The van der Waals surface area contributed by atoms with E-state index < -0.39 is 23.2 Å².